The van der Waals surface area contributed by atoms with E-state index in [4.69, 9.17) is 22.4 Å². The van der Waals surface area contributed by atoms with E-state index >= 15 is 0 Å². The highest BCUT2D eigenvalue weighted by Gasteiger charge is 2.37. The maximum atomic E-state index is 12.3. The molecule has 12 nitrogen and oxygen atoms in total. The highest BCUT2D eigenvalue weighted by molar-refractivity contribution is 8.26. The second kappa shape index (κ2) is 10.6. The molecule has 15 heteroatoms. The smallest absolute Gasteiger partial charge is 0.303 e. The highest BCUT2D eigenvalue weighted by atomic mass is 32.3. The molecule has 4 atom stereocenters. The third kappa shape index (κ3) is 7.34. The number of thioether (sulfide) groups is 1. The zero-order valence-corrected chi connectivity index (χ0v) is 16.5. The number of aliphatic hydroxyl groups excluding tert-OH is 4. The number of carbonyl (C=O) groups is 2. The van der Waals surface area contributed by atoms with Gasteiger partial charge in [0, 0.05) is 13.0 Å². The molecule has 0 aromatic carbocycles. The fourth-order valence-electron chi connectivity index (χ4n) is 2.13. The molecule has 1 amide bonds. The van der Waals surface area contributed by atoms with Crippen molar-refractivity contribution in [3.8, 4) is 0 Å². The van der Waals surface area contributed by atoms with E-state index in [1.807, 2.05) is 0 Å². The topological polar surface area (TPSA) is 205 Å². The van der Waals surface area contributed by atoms with Crippen LogP contribution in [0.25, 0.3) is 0 Å². The van der Waals surface area contributed by atoms with E-state index < -0.39 is 53.3 Å². The van der Waals surface area contributed by atoms with Gasteiger partial charge in [-0.05, 0) is 12.5 Å². The Hall–Kier alpha value is -1.17. The van der Waals surface area contributed by atoms with Gasteiger partial charge in [0.05, 0.1) is 11.5 Å². The Balaban J connectivity index is 2.91. The lowest BCUT2D eigenvalue weighted by atomic mass is 10.0. The summed E-state index contributed by atoms with van der Waals surface area (Å²) in [5, 5.41) is 47.1. The van der Waals surface area contributed by atoms with E-state index in [0.717, 1.165) is 22.7 Å². The van der Waals surface area contributed by atoms with Crippen molar-refractivity contribution >= 4 is 50.6 Å². The molecule has 0 spiro atoms. The van der Waals surface area contributed by atoms with Crippen molar-refractivity contribution in [2.24, 2.45) is 0 Å². The van der Waals surface area contributed by atoms with Gasteiger partial charge in [-0.2, -0.15) is 0 Å². The number of nitrogens with zero attached hydrogens (tertiary/aromatic N) is 1. The number of hydrogen-bond donors (Lipinski definition) is 5. The molecule has 0 radical (unpaired) electrons. The number of thiocarbonyl (C=S) groups is 1. The molecular weight excluding hydrogens is 442 g/mol. The van der Waals surface area contributed by atoms with Crippen LogP contribution in [0.2, 0.25) is 0 Å². The monoisotopic (exact) mass is 460 g/mol. The van der Waals surface area contributed by atoms with Crippen molar-refractivity contribution in [3.05, 3.63) is 11.0 Å². The Bertz CT molecular complexity index is 738. The molecule has 1 aliphatic rings. The molecule has 0 aromatic rings. The van der Waals surface area contributed by atoms with Crippen LogP contribution in [0.4, 0.5) is 0 Å². The van der Waals surface area contributed by atoms with E-state index in [-0.39, 0.29) is 28.6 Å². The molecule has 1 rings (SSSR count). The SMILES string of the molecule is O=C(O)CCCN1C(=O)/C(=C/[C@@H](O)[C@@H](O)C(OS(=O)(=O)[O-])[C@H](O)CO)SC1=S. The van der Waals surface area contributed by atoms with E-state index in [1.165, 1.54) is 0 Å². The molecule has 0 saturated carbocycles. The van der Waals surface area contributed by atoms with Gasteiger partial charge in [-0.1, -0.05) is 24.0 Å². The fourth-order valence-corrected chi connectivity index (χ4v) is 3.97. The maximum Gasteiger partial charge on any atom is 0.303 e. The molecule has 0 aromatic heterocycles. The van der Waals surface area contributed by atoms with Crippen molar-refractivity contribution in [3.63, 3.8) is 0 Å². The minimum atomic E-state index is -5.39. The summed E-state index contributed by atoms with van der Waals surface area (Å²) in [6.45, 7) is -1.08. The first-order chi connectivity index (χ1) is 12.9. The van der Waals surface area contributed by atoms with Crippen molar-refractivity contribution in [1.29, 1.82) is 0 Å². The average molecular weight is 460 g/mol. The number of carbonyl (C=O) groups excluding carboxylic acids is 1. The van der Waals surface area contributed by atoms with Crippen LogP contribution in [0, 0.1) is 0 Å². The third-order valence-corrected chi connectivity index (χ3v) is 5.30. The van der Waals surface area contributed by atoms with Gasteiger partial charge in [0.2, 0.25) is 10.4 Å². The maximum absolute atomic E-state index is 12.3. The zero-order chi connectivity index (χ0) is 21.6. The summed E-state index contributed by atoms with van der Waals surface area (Å²) in [6, 6.07) is 0. The predicted molar refractivity (Wildman–Crippen MR) is 96.5 cm³/mol. The van der Waals surface area contributed by atoms with E-state index in [0.29, 0.717) is 0 Å². The average Bonchev–Trinajstić information content (AvgIpc) is 2.84. The van der Waals surface area contributed by atoms with Gasteiger partial charge in [-0.15, -0.1) is 0 Å². The van der Waals surface area contributed by atoms with E-state index in [2.05, 4.69) is 4.18 Å². The van der Waals surface area contributed by atoms with Crippen LogP contribution in [-0.2, 0) is 24.2 Å². The lowest BCUT2D eigenvalue weighted by Crippen LogP contribution is -2.48. The lowest BCUT2D eigenvalue weighted by molar-refractivity contribution is -0.137. The van der Waals surface area contributed by atoms with E-state index in [1.54, 1.807) is 0 Å². The van der Waals surface area contributed by atoms with Crippen LogP contribution in [0.5, 0.6) is 0 Å². The van der Waals surface area contributed by atoms with Gasteiger partial charge in [-0.3, -0.25) is 18.7 Å². The van der Waals surface area contributed by atoms with Crippen molar-refractivity contribution in [2.75, 3.05) is 13.2 Å². The Morgan fingerprint density at radius 3 is 2.46 bits per heavy atom. The Labute approximate surface area is 169 Å². The van der Waals surface area contributed by atoms with Gasteiger partial charge in [0.1, 0.15) is 28.7 Å². The van der Waals surface area contributed by atoms with Gasteiger partial charge in [-0.25, -0.2) is 8.42 Å². The largest absolute Gasteiger partial charge is 0.726 e. The van der Waals surface area contributed by atoms with Crippen LogP contribution in [0.15, 0.2) is 11.0 Å². The number of hydrogen-bond acceptors (Lipinski definition) is 12. The Morgan fingerprint density at radius 2 is 1.96 bits per heavy atom. The summed E-state index contributed by atoms with van der Waals surface area (Å²) in [5.41, 5.74) is 0. The number of aliphatic hydroxyl groups is 4. The van der Waals surface area contributed by atoms with Crippen LogP contribution < -0.4 is 0 Å². The van der Waals surface area contributed by atoms with Crippen LogP contribution in [0.3, 0.4) is 0 Å². The summed E-state index contributed by atoms with van der Waals surface area (Å²) in [4.78, 5) is 23.8. The number of rotatable bonds is 11. The molecule has 1 fully saturated rings. The zero-order valence-electron chi connectivity index (χ0n) is 14.1. The fraction of sp³-hybridized carbons (Fsp3) is 0.615. The normalized spacial score (nSPS) is 21.0. The molecular formula is C13H18NO11S3-. The Morgan fingerprint density at radius 1 is 1.36 bits per heavy atom. The van der Waals surface area contributed by atoms with Gasteiger partial charge in [0.25, 0.3) is 5.91 Å². The molecule has 1 unspecified atom stereocenters. The molecule has 0 aliphatic carbocycles. The molecule has 0 bridgehead atoms. The predicted octanol–water partition coefficient (Wildman–Crippen LogP) is -2.48. The summed E-state index contributed by atoms with van der Waals surface area (Å²) in [6.07, 6.45) is -7.63. The quantitative estimate of drug-likeness (QED) is 0.0938. The first-order valence-electron chi connectivity index (χ1n) is 7.63. The molecule has 28 heavy (non-hydrogen) atoms. The summed E-state index contributed by atoms with van der Waals surface area (Å²) in [7, 11) is -5.39. The molecule has 1 heterocycles. The number of carboxylic acid groups (broad SMARTS) is 1. The number of amides is 1. The first kappa shape index (κ1) is 24.9. The number of carboxylic acids is 1. The van der Waals surface area contributed by atoms with Gasteiger partial charge >= 0.3 is 5.97 Å². The second-order valence-electron chi connectivity index (χ2n) is 5.55. The standard InChI is InChI=1S/C13H19NO11S3/c15-5-7(17)11(25-28(22,23)24)10(20)6(16)4-8-12(21)14(13(26)27-8)3-1-2-9(18)19/h4,6-7,10-11,15-17,20H,1-3,5H2,(H,18,19)(H,22,23,24)/p-1/b8-4-/t6-,7-,10-,11?/m1/s1. The molecule has 1 saturated heterocycles. The van der Waals surface area contributed by atoms with Crippen molar-refractivity contribution in [1.82, 2.24) is 4.90 Å². The minimum Gasteiger partial charge on any atom is -0.726 e. The summed E-state index contributed by atoms with van der Waals surface area (Å²) >= 11 is 5.74. The molecule has 160 valence electrons. The minimum absolute atomic E-state index is 0.0103. The van der Waals surface area contributed by atoms with Gasteiger partial charge < -0.3 is 30.1 Å². The first-order valence-corrected chi connectivity index (χ1v) is 10.2. The van der Waals surface area contributed by atoms with Crippen molar-refractivity contribution in [2.45, 2.75) is 37.3 Å². The highest BCUT2D eigenvalue weighted by Crippen LogP contribution is 2.32. The molecule has 5 N–H and O–H groups in total. The van der Waals surface area contributed by atoms with Crippen LogP contribution in [0.1, 0.15) is 12.8 Å². The van der Waals surface area contributed by atoms with E-state index in [9.17, 15) is 37.9 Å². The summed E-state index contributed by atoms with van der Waals surface area (Å²) in [5.74, 6) is -1.73. The van der Waals surface area contributed by atoms with Crippen LogP contribution >= 0.6 is 24.0 Å². The molecule has 1 aliphatic heterocycles. The third-order valence-electron chi connectivity index (χ3n) is 3.45. The number of aliphatic carboxylic acids is 1. The second-order valence-corrected chi connectivity index (χ2v) is 8.24. The van der Waals surface area contributed by atoms with Gasteiger partial charge in [0.15, 0.2) is 0 Å². The lowest BCUT2D eigenvalue weighted by Gasteiger charge is -2.29. The van der Waals surface area contributed by atoms with Crippen molar-refractivity contribution < 1.29 is 52.3 Å². The Kier molecular flexibility index (Phi) is 9.38. The van der Waals surface area contributed by atoms with Crippen LogP contribution in [-0.4, -0.2) is 97.2 Å². The summed E-state index contributed by atoms with van der Waals surface area (Å²) < 4.78 is 36.2.